The number of nitrogens with zero attached hydrogens (tertiary/aromatic N) is 5. The van der Waals surface area contributed by atoms with Gasteiger partial charge in [0, 0.05) is 18.9 Å². The minimum Gasteiger partial charge on any atom is -0.377 e. The first-order valence-electron chi connectivity index (χ1n) is 6.65. The summed E-state index contributed by atoms with van der Waals surface area (Å²) in [7, 11) is 0. The molecule has 0 aliphatic carbocycles. The van der Waals surface area contributed by atoms with Gasteiger partial charge in [-0.3, -0.25) is 4.57 Å². The molecule has 6 nitrogen and oxygen atoms in total. The van der Waals surface area contributed by atoms with Crippen molar-refractivity contribution in [2.45, 2.75) is 19.9 Å². The van der Waals surface area contributed by atoms with E-state index in [2.05, 4.69) is 26.8 Å². The SMILES string of the molecule is Cc1nccn1-c1nc(Cl)c(Cl)c(N2CCOC[C@H]2C)n1. The van der Waals surface area contributed by atoms with E-state index >= 15 is 0 Å². The maximum Gasteiger partial charge on any atom is 0.238 e. The third-order valence-corrected chi connectivity index (χ3v) is 4.18. The Balaban J connectivity index is 2.08. The molecule has 8 heteroatoms. The van der Waals surface area contributed by atoms with Gasteiger partial charge in [0.25, 0.3) is 0 Å². The molecule has 21 heavy (non-hydrogen) atoms. The Kier molecular flexibility index (Phi) is 4.01. The van der Waals surface area contributed by atoms with Gasteiger partial charge in [0.1, 0.15) is 10.8 Å². The van der Waals surface area contributed by atoms with Gasteiger partial charge in [0.05, 0.1) is 19.3 Å². The third-order valence-electron chi connectivity index (χ3n) is 3.46. The lowest BCUT2D eigenvalue weighted by molar-refractivity contribution is 0.0985. The molecule has 3 rings (SSSR count). The molecule has 0 spiro atoms. The van der Waals surface area contributed by atoms with Crippen molar-refractivity contribution in [3.8, 4) is 5.95 Å². The molecule has 1 fully saturated rings. The Hall–Kier alpha value is -1.37. The van der Waals surface area contributed by atoms with Gasteiger partial charge in [-0.1, -0.05) is 23.2 Å². The van der Waals surface area contributed by atoms with Crippen molar-refractivity contribution in [2.75, 3.05) is 24.7 Å². The molecule has 0 aromatic carbocycles. The molecule has 0 radical (unpaired) electrons. The Labute approximate surface area is 132 Å². The molecule has 1 atom stereocenters. The van der Waals surface area contributed by atoms with E-state index < -0.39 is 0 Å². The highest BCUT2D eigenvalue weighted by Crippen LogP contribution is 2.32. The number of morpholine rings is 1. The molecule has 0 amide bonds. The Morgan fingerprint density at radius 1 is 1.33 bits per heavy atom. The maximum atomic E-state index is 6.30. The first-order chi connectivity index (χ1) is 10.1. The molecule has 2 aromatic rings. The number of rotatable bonds is 2. The average molecular weight is 328 g/mol. The van der Waals surface area contributed by atoms with E-state index in [9.17, 15) is 0 Å². The second kappa shape index (κ2) is 5.79. The van der Waals surface area contributed by atoms with Crippen LogP contribution in [0.1, 0.15) is 12.7 Å². The van der Waals surface area contributed by atoms with E-state index in [1.165, 1.54) is 0 Å². The summed E-state index contributed by atoms with van der Waals surface area (Å²) in [6, 6.07) is 0.180. The number of imidazole rings is 1. The molecule has 3 heterocycles. The quantitative estimate of drug-likeness (QED) is 0.793. The fourth-order valence-electron chi connectivity index (χ4n) is 2.33. The number of aromatic nitrogens is 4. The zero-order chi connectivity index (χ0) is 15.0. The van der Waals surface area contributed by atoms with E-state index in [-0.39, 0.29) is 11.2 Å². The van der Waals surface area contributed by atoms with Crippen molar-refractivity contribution in [3.05, 3.63) is 28.4 Å². The highest BCUT2D eigenvalue weighted by Gasteiger charge is 2.25. The van der Waals surface area contributed by atoms with Gasteiger partial charge in [0.15, 0.2) is 11.0 Å². The van der Waals surface area contributed by atoms with Crippen LogP contribution in [0.15, 0.2) is 12.4 Å². The Morgan fingerprint density at radius 3 is 2.81 bits per heavy atom. The van der Waals surface area contributed by atoms with Crippen LogP contribution < -0.4 is 4.90 Å². The van der Waals surface area contributed by atoms with Crippen LogP contribution in [0.4, 0.5) is 5.82 Å². The number of anilines is 1. The van der Waals surface area contributed by atoms with Crippen LogP contribution in [0.5, 0.6) is 0 Å². The van der Waals surface area contributed by atoms with Crippen LogP contribution in [0.2, 0.25) is 10.2 Å². The number of hydrogen-bond acceptors (Lipinski definition) is 5. The molecule has 112 valence electrons. The van der Waals surface area contributed by atoms with Crippen LogP contribution in [-0.4, -0.2) is 45.3 Å². The fraction of sp³-hybridized carbons (Fsp3) is 0.462. The van der Waals surface area contributed by atoms with Crippen molar-refractivity contribution in [3.63, 3.8) is 0 Å². The van der Waals surface area contributed by atoms with Gasteiger partial charge >= 0.3 is 0 Å². The molecular formula is C13H15Cl2N5O. The van der Waals surface area contributed by atoms with Crippen LogP contribution in [0.25, 0.3) is 5.95 Å². The summed E-state index contributed by atoms with van der Waals surface area (Å²) in [5.74, 6) is 1.89. The second-order valence-electron chi connectivity index (χ2n) is 4.91. The normalized spacial score (nSPS) is 19.0. The molecular weight excluding hydrogens is 313 g/mol. The smallest absolute Gasteiger partial charge is 0.238 e. The van der Waals surface area contributed by atoms with Crippen molar-refractivity contribution in [2.24, 2.45) is 0 Å². The minimum absolute atomic E-state index is 0.180. The molecule has 0 saturated carbocycles. The van der Waals surface area contributed by atoms with Gasteiger partial charge in [-0.05, 0) is 13.8 Å². The Bertz CT molecular complexity index is 660. The summed E-state index contributed by atoms with van der Waals surface area (Å²) in [6.45, 7) is 5.94. The van der Waals surface area contributed by atoms with E-state index in [0.717, 1.165) is 12.4 Å². The number of halogens is 2. The zero-order valence-corrected chi connectivity index (χ0v) is 13.3. The summed E-state index contributed by atoms with van der Waals surface area (Å²) >= 11 is 12.5. The number of hydrogen-bond donors (Lipinski definition) is 0. The fourth-order valence-corrected chi connectivity index (χ4v) is 2.68. The molecule has 0 N–H and O–H groups in total. The first kappa shape index (κ1) is 14.6. The van der Waals surface area contributed by atoms with E-state index in [4.69, 9.17) is 27.9 Å². The number of ether oxygens (including phenoxy) is 1. The summed E-state index contributed by atoms with van der Waals surface area (Å²) in [4.78, 5) is 15.1. The summed E-state index contributed by atoms with van der Waals surface area (Å²) in [5, 5.41) is 0.607. The average Bonchev–Trinajstić information content (AvgIpc) is 2.89. The molecule has 1 saturated heterocycles. The largest absolute Gasteiger partial charge is 0.377 e. The van der Waals surface area contributed by atoms with Crippen molar-refractivity contribution in [1.82, 2.24) is 19.5 Å². The molecule has 1 aliphatic heterocycles. The van der Waals surface area contributed by atoms with Gasteiger partial charge in [-0.15, -0.1) is 0 Å². The summed E-state index contributed by atoms with van der Waals surface area (Å²) in [5.41, 5.74) is 0. The first-order valence-corrected chi connectivity index (χ1v) is 7.41. The van der Waals surface area contributed by atoms with Crippen LogP contribution in [0.3, 0.4) is 0 Å². The summed E-state index contributed by atoms with van der Waals surface area (Å²) in [6.07, 6.45) is 3.49. The van der Waals surface area contributed by atoms with E-state index in [1.54, 1.807) is 17.0 Å². The monoisotopic (exact) mass is 327 g/mol. The lowest BCUT2D eigenvalue weighted by atomic mass is 10.2. The predicted octanol–water partition coefficient (Wildman–Crippen LogP) is 2.50. The second-order valence-corrected chi connectivity index (χ2v) is 5.65. The van der Waals surface area contributed by atoms with Gasteiger partial charge in [0.2, 0.25) is 5.95 Å². The minimum atomic E-state index is 0.180. The zero-order valence-electron chi connectivity index (χ0n) is 11.8. The van der Waals surface area contributed by atoms with Crippen molar-refractivity contribution >= 4 is 29.0 Å². The topological polar surface area (TPSA) is 56.1 Å². The number of aryl methyl sites for hydroxylation is 1. The highest BCUT2D eigenvalue weighted by molar-refractivity contribution is 6.42. The van der Waals surface area contributed by atoms with Gasteiger partial charge < -0.3 is 9.64 Å². The lowest BCUT2D eigenvalue weighted by Gasteiger charge is -2.34. The maximum absolute atomic E-state index is 6.30. The van der Waals surface area contributed by atoms with E-state index in [0.29, 0.717) is 30.0 Å². The van der Waals surface area contributed by atoms with Crippen LogP contribution in [-0.2, 0) is 4.74 Å². The van der Waals surface area contributed by atoms with Crippen LogP contribution in [0, 0.1) is 6.92 Å². The molecule has 1 aliphatic rings. The molecule has 0 unspecified atom stereocenters. The highest BCUT2D eigenvalue weighted by atomic mass is 35.5. The third kappa shape index (κ3) is 2.71. The summed E-state index contributed by atoms with van der Waals surface area (Å²) < 4.78 is 7.22. The van der Waals surface area contributed by atoms with E-state index in [1.807, 2.05) is 6.92 Å². The molecule has 0 bridgehead atoms. The lowest BCUT2D eigenvalue weighted by Crippen LogP contribution is -2.44. The molecule has 2 aromatic heterocycles. The van der Waals surface area contributed by atoms with Crippen molar-refractivity contribution in [1.29, 1.82) is 0 Å². The van der Waals surface area contributed by atoms with Gasteiger partial charge in [-0.2, -0.15) is 9.97 Å². The standard InChI is InChI=1S/C13H15Cl2N5O/c1-8-7-21-6-5-19(8)12-10(14)11(15)17-13(18-12)20-4-3-16-9(20)2/h3-4,8H,5-7H2,1-2H3/t8-/m1/s1. The Morgan fingerprint density at radius 2 is 2.14 bits per heavy atom. The van der Waals surface area contributed by atoms with Crippen molar-refractivity contribution < 1.29 is 4.74 Å². The van der Waals surface area contributed by atoms with Crippen LogP contribution >= 0.6 is 23.2 Å². The van der Waals surface area contributed by atoms with Gasteiger partial charge in [-0.25, -0.2) is 4.98 Å². The predicted molar refractivity (Wildman–Crippen MR) is 81.5 cm³/mol.